The van der Waals surface area contributed by atoms with Crippen molar-refractivity contribution >= 4 is 17.7 Å². The molecule has 0 aliphatic carbocycles. The summed E-state index contributed by atoms with van der Waals surface area (Å²) in [5, 5.41) is 0. The predicted octanol–water partition coefficient (Wildman–Crippen LogP) is 3.23. The lowest BCUT2D eigenvalue weighted by molar-refractivity contribution is -0.120. The maximum Gasteiger partial charge on any atom is 0.410 e. The molecule has 1 fully saturated rings. The first-order valence-electron chi connectivity index (χ1n) is 9.23. The van der Waals surface area contributed by atoms with E-state index in [0.29, 0.717) is 12.5 Å². The number of ether oxygens (including phenoxy) is 2. The number of hydrogen-bond donors (Lipinski definition) is 0. The molecule has 2 amide bonds. The van der Waals surface area contributed by atoms with Crippen LogP contribution in [-0.4, -0.2) is 49.2 Å². The van der Waals surface area contributed by atoms with Crippen LogP contribution in [0.5, 0.6) is 5.75 Å². The van der Waals surface area contributed by atoms with Gasteiger partial charge in [0.05, 0.1) is 5.69 Å². The molecule has 26 heavy (non-hydrogen) atoms. The molecule has 0 spiro atoms. The molecule has 1 saturated heterocycles. The first kappa shape index (κ1) is 18.5. The molecule has 2 aliphatic rings. The highest BCUT2D eigenvalue weighted by Gasteiger charge is 2.28. The van der Waals surface area contributed by atoms with E-state index in [1.54, 1.807) is 11.9 Å². The minimum absolute atomic E-state index is 0.0385. The molecule has 0 bridgehead atoms. The highest BCUT2D eigenvalue weighted by molar-refractivity contribution is 5.97. The van der Waals surface area contributed by atoms with Crippen LogP contribution >= 0.6 is 0 Å². The average molecular weight is 360 g/mol. The number of anilines is 1. The van der Waals surface area contributed by atoms with Gasteiger partial charge in [-0.25, -0.2) is 4.79 Å². The summed E-state index contributed by atoms with van der Waals surface area (Å²) < 4.78 is 11.0. The summed E-state index contributed by atoms with van der Waals surface area (Å²) in [7, 11) is 1.78. The van der Waals surface area contributed by atoms with Gasteiger partial charge in [-0.1, -0.05) is 6.07 Å². The monoisotopic (exact) mass is 360 g/mol. The lowest BCUT2D eigenvalue weighted by Gasteiger charge is -2.34. The third-order valence-corrected chi connectivity index (χ3v) is 4.81. The Kier molecular flexibility index (Phi) is 5.12. The number of amides is 2. The maximum atomic E-state index is 12.3. The molecule has 1 unspecified atom stereocenters. The average Bonchev–Trinajstić information content (AvgIpc) is 2.57. The van der Waals surface area contributed by atoms with Crippen LogP contribution in [0.25, 0.3) is 0 Å². The summed E-state index contributed by atoms with van der Waals surface area (Å²) in [5.41, 5.74) is 1.50. The molecule has 0 radical (unpaired) electrons. The lowest BCUT2D eigenvalue weighted by Crippen LogP contribution is -2.43. The number of piperidine rings is 1. The van der Waals surface area contributed by atoms with Gasteiger partial charge in [-0.2, -0.15) is 0 Å². The van der Waals surface area contributed by atoms with Crippen LogP contribution in [-0.2, 0) is 16.0 Å². The predicted molar refractivity (Wildman–Crippen MR) is 99.6 cm³/mol. The minimum Gasteiger partial charge on any atom is -0.482 e. The van der Waals surface area contributed by atoms with E-state index in [0.717, 1.165) is 42.8 Å². The van der Waals surface area contributed by atoms with Crippen molar-refractivity contribution in [2.75, 3.05) is 31.6 Å². The molecule has 1 atom stereocenters. The highest BCUT2D eigenvalue weighted by Crippen LogP contribution is 2.33. The zero-order chi connectivity index (χ0) is 18.9. The van der Waals surface area contributed by atoms with Crippen molar-refractivity contribution in [3.05, 3.63) is 23.8 Å². The summed E-state index contributed by atoms with van der Waals surface area (Å²) in [6.45, 7) is 7.21. The molecular weight excluding hydrogens is 332 g/mol. The largest absolute Gasteiger partial charge is 0.482 e. The van der Waals surface area contributed by atoms with Crippen LogP contribution < -0.4 is 9.64 Å². The number of carbonyl (C=O) groups excluding carboxylic acids is 2. The fourth-order valence-electron chi connectivity index (χ4n) is 3.50. The van der Waals surface area contributed by atoms with Crippen LogP contribution in [0.3, 0.4) is 0 Å². The number of carbonyl (C=O) groups is 2. The molecule has 1 aromatic carbocycles. The molecule has 0 aromatic heterocycles. The third kappa shape index (κ3) is 4.29. The molecule has 142 valence electrons. The summed E-state index contributed by atoms with van der Waals surface area (Å²) in [5.74, 6) is 1.10. The third-order valence-electron chi connectivity index (χ3n) is 4.81. The van der Waals surface area contributed by atoms with Gasteiger partial charge in [0.15, 0.2) is 6.61 Å². The van der Waals surface area contributed by atoms with Gasteiger partial charge in [0, 0.05) is 20.1 Å². The van der Waals surface area contributed by atoms with Crippen molar-refractivity contribution in [1.29, 1.82) is 0 Å². The Balaban J connectivity index is 1.66. The first-order chi connectivity index (χ1) is 12.2. The second kappa shape index (κ2) is 7.17. The maximum absolute atomic E-state index is 12.3. The second-order valence-corrected chi connectivity index (χ2v) is 8.18. The van der Waals surface area contributed by atoms with E-state index >= 15 is 0 Å². The van der Waals surface area contributed by atoms with E-state index in [-0.39, 0.29) is 18.6 Å². The Morgan fingerprint density at radius 2 is 2.12 bits per heavy atom. The van der Waals surface area contributed by atoms with Gasteiger partial charge in [-0.05, 0) is 63.6 Å². The van der Waals surface area contributed by atoms with Gasteiger partial charge in [-0.15, -0.1) is 0 Å². The van der Waals surface area contributed by atoms with Gasteiger partial charge in [0.1, 0.15) is 11.4 Å². The van der Waals surface area contributed by atoms with Crippen LogP contribution in [0.1, 0.15) is 39.2 Å². The summed E-state index contributed by atoms with van der Waals surface area (Å²) in [6.07, 6.45) is 2.71. The lowest BCUT2D eigenvalue weighted by atomic mass is 9.91. The molecule has 1 aromatic rings. The Morgan fingerprint density at radius 1 is 1.35 bits per heavy atom. The van der Waals surface area contributed by atoms with Crippen molar-refractivity contribution in [2.45, 2.75) is 45.6 Å². The topological polar surface area (TPSA) is 59.1 Å². The number of likely N-dealkylation sites (tertiary alicyclic amines) is 1. The van der Waals surface area contributed by atoms with Crippen LogP contribution in [0.2, 0.25) is 0 Å². The molecule has 2 heterocycles. The number of rotatable bonds is 2. The number of fused-ring (bicyclic) bond motifs is 1. The van der Waals surface area contributed by atoms with Crippen molar-refractivity contribution in [1.82, 2.24) is 4.90 Å². The second-order valence-electron chi connectivity index (χ2n) is 8.18. The Bertz CT molecular complexity index is 696. The normalized spacial score (nSPS) is 20.5. The number of hydrogen-bond acceptors (Lipinski definition) is 4. The molecule has 6 heteroatoms. The van der Waals surface area contributed by atoms with E-state index in [1.807, 2.05) is 37.8 Å². The molecule has 0 saturated carbocycles. The van der Waals surface area contributed by atoms with Crippen molar-refractivity contribution in [3.8, 4) is 5.75 Å². The van der Waals surface area contributed by atoms with Gasteiger partial charge in [-0.3, -0.25) is 4.79 Å². The van der Waals surface area contributed by atoms with Gasteiger partial charge in [0.2, 0.25) is 0 Å². The Hall–Kier alpha value is -2.24. The number of likely N-dealkylation sites (N-methyl/N-ethyl adjacent to an activating group) is 1. The van der Waals surface area contributed by atoms with Gasteiger partial charge in [0.25, 0.3) is 5.91 Å². The van der Waals surface area contributed by atoms with Crippen LogP contribution in [0.15, 0.2) is 18.2 Å². The van der Waals surface area contributed by atoms with E-state index in [9.17, 15) is 9.59 Å². The highest BCUT2D eigenvalue weighted by atomic mass is 16.6. The Morgan fingerprint density at radius 3 is 2.85 bits per heavy atom. The number of benzene rings is 1. The fourth-order valence-corrected chi connectivity index (χ4v) is 3.50. The molecule has 0 N–H and O–H groups in total. The van der Waals surface area contributed by atoms with Gasteiger partial charge < -0.3 is 19.3 Å². The standard InChI is InChI=1S/C20H28N2O4/c1-20(2,3)26-19(24)22-9-5-6-15(12-22)10-14-7-8-17-16(11-14)21(4)18(23)13-25-17/h7-8,11,15H,5-6,9-10,12-13H2,1-4H3. The SMILES string of the molecule is CN1C(=O)COc2ccc(CC3CCCN(C(=O)OC(C)(C)C)C3)cc21. The van der Waals surface area contributed by atoms with E-state index in [2.05, 4.69) is 6.07 Å². The first-order valence-corrected chi connectivity index (χ1v) is 9.23. The van der Waals surface area contributed by atoms with Crippen molar-refractivity contribution in [3.63, 3.8) is 0 Å². The molecular formula is C20H28N2O4. The van der Waals surface area contributed by atoms with Crippen LogP contribution in [0.4, 0.5) is 10.5 Å². The summed E-state index contributed by atoms with van der Waals surface area (Å²) >= 11 is 0. The summed E-state index contributed by atoms with van der Waals surface area (Å²) in [6, 6.07) is 6.01. The smallest absolute Gasteiger partial charge is 0.410 e. The van der Waals surface area contributed by atoms with E-state index < -0.39 is 5.60 Å². The fraction of sp³-hybridized carbons (Fsp3) is 0.600. The zero-order valence-corrected chi connectivity index (χ0v) is 16.1. The van der Waals surface area contributed by atoms with Crippen molar-refractivity contribution in [2.24, 2.45) is 5.92 Å². The minimum atomic E-state index is -0.473. The molecule has 6 nitrogen and oxygen atoms in total. The van der Waals surface area contributed by atoms with E-state index in [4.69, 9.17) is 9.47 Å². The Labute approximate surface area is 155 Å². The van der Waals surface area contributed by atoms with Crippen LogP contribution in [0, 0.1) is 5.92 Å². The van der Waals surface area contributed by atoms with Crippen molar-refractivity contribution < 1.29 is 19.1 Å². The summed E-state index contributed by atoms with van der Waals surface area (Å²) in [4.78, 5) is 27.6. The van der Waals surface area contributed by atoms with Gasteiger partial charge >= 0.3 is 6.09 Å². The van der Waals surface area contributed by atoms with E-state index in [1.165, 1.54) is 0 Å². The quantitative estimate of drug-likeness (QED) is 0.812. The zero-order valence-electron chi connectivity index (χ0n) is 16.1. The molecule has 3 rings (SSSR count). The molecule has 2 aliphatic heterocycles. The number of nitrogens with zero attached hydrogens (tertiary/aromatic N) is 2.